The lowest BCUT2D eigenvalue weighted by molar-refractivity contribution is -0.311. The van der Waals surface area contributed by atoms with Crippen LogP contribution in [0.2, 0.25) is 0 Å². The average Bonchev–Trinajstić information content (AvgIpc) is 3.37. The highest BCUT2D eigenvalue weighted by molar-refractivity contribution is 6.40. The van der Waals surface area contributed by atoms with Crippen LogP contribution in [0.4, 0.5) is 0 Å². The molecule has 0 bridgehead atoms. The molecule has 0 aromatic heterocycles. The molecule has 2 heterocycles. The first-order chi connectivity index (χ1) is 24.4. The van der Waals surface area contributed by atoms with E-state index in [2.05, 4.69) is 13.8 Å². The summed E-state index contributed by atoms with van der Waals surface area (Å²) in [6.07, 6.45) is 10.1. The van der Waals surface area contributed by atoms with Gasteiger partial charge in [0.05, 0.1) is 39.6 Å². The third kappa shape index (κ3) is 5.28. The van der Waals surface area contributed by atoms with Crippen molar-refractivity contribution in [2.24, 2.45) is 0 Å². The Hall–Kier alpha value is -4.34. The minimum Gasteiger partial charge on any atom is -0.496 e. The molecular weight excluding hydrogens is 634 g/mol. The van der Waals surface area contributed by atoms with Gasteiger partial charge in [0.2, 0.25) is 0 Å². The summed E-state index contributed by atoms with van der Waals surface area (Å²) in [5, 5.41) is 6.81. The highest BCUT2D eigenvalue weighted by Gasteiger charge is 2.42. The van der Waals surface area contributed by atoms with Crippen molar-refractivity contribution < 1.29 is 38.3 Å². The molecule has 9 heteroatoms. The van der Waals surface area contributed by atoms with Crippen molar-refractivity contribution in [3.05, 3.63) is 46.5 Å². The summed E-state index contributed by atoms with van der Waals surface area (Å²) in [4.78, 5) is 42.4. The number of amides is 2. The normalized spacial score (nSPS) is 14.5. The van der Waals surface area contributed by atoms with E-state index in [0.29, 0.717) is 39.5 Å². The summed E-state index contributed by atoms with van der Waals surface area (Å²) in [5.74, 6) is 1.53. The maximum Gasteiger partial charge on any atom is 0.265 e. The van der Waals surface area contributed by atoms with Crippen molar-refractivity contribution in [3.8, 4) is 23.0 Å². The lowest BCUT2D eigenvalue weighted by Gasteiger charge is -2.36. The van der Waals surface area contributed by atoms with Crippen molar-refractivity contribution in [1.29, 1.82) is 0 Å². The van der Waals surface area contributed by atoms with Crippen LogP contribution in [0.1, 0.15) is 110 Å². The van der Waals surface area contributed by atoms with Gasteiger partial charge < -0.3 is 18.9 Å². The van der Waals surface area contributed by atoms with Crippen LogP contribution in [0.3, 0.4) is 0 Å². The first-order valence-electron chi connectivity index (χ1n) is 18.1. The monoisotopic (exact) mass is 681 g/mol. The van der Waals surface area contributed by atoms with E-state index < -0.39 is 0 Å². The molecule has 264 valence electrons. The van der Waals surface area contributed by atoms with Crippen LogP contribution >= 0.6 is 0 Å². The van der Waals surface area contributed by atoms with Gasteiger partial charge in [-0.05, 0) is 69.4 Å². The second-order valence-electron chi connectivity index (χ2n) is 13.6. The summed E-state index contributed by atoms with van der Waals surface area (Å²) in [7, 11) is 6.45. The molecule has 0 fully saturated rings. The minimum absolute atomic E-state index is 0.198. The van der Waals surface area contributed by atoms with E-state index in [1.54, 1.807) is 28.4 Å². The van der Waals surface area contributed by atoms with E-state index in [4.69, 9.17) is 28.7 Å². The molecule has 2 aliphatic rings. The summed E-state index contributed by atoms with van der Waals surface area (Å²) in [5.41, 5.74) is 2.52. The van der Waals surface area contributed by atoms with E-state index in [0.717, 1.165) is 113 Å². The Morgan fingerprint density at radius 2 is 0.960 bits per heavy atom. The van der Waals surface area contributed by atoms with Crippen LogP contribution < -0.4 is 18.9 Å². The maximum absolute atomic E-state index is 14.9. The number of methoxy groups -OCH3 is 4. The lowest BCUT2D eigenvalue weighted by Crippen LogP contribution is -2.47. The fraction of sp³-hybridized carbons (Fsp3) is 0.463. The number of nitrogens with zero attached hydrogens (tertiary/aromatic N) is 1. The number of hydrogen-bond acceptors (Lipinski definition) is 8. The molecular formula is C41H47NO8. The van der Waals surface area contributed by atoms with Crippen LogP contribution in [-0.2, 0) is 23.0 Å². The highest BCUT2D eigenvalue weighted by Crippen LogP contribution is 2.53. The molecule has 0 saturated heterocycles. The van der Waals surface area contributed by atoms with Crippen LogP contribution in [0.25, 0.3) is 43.1 Å². The SMILES string of the molecule is CCCCCCC(CCCCCC)N1C(=O)c2c(OC)cc3c4cc(OC)c5c6c(c(OC)cc(c7cc(OC)c(c2c37)C1=O)c64)COOC5. The van der Waals surface area contributed by atoms with Gasteiger partial charge in [0.25, 0.3) is 11.8 Å². The van der Waals surface area contributed by atoms with Gasteiger partial charge in [-0.2, -0.15) is 0 Å². The van der Waals surface area contributed by atoms with Crippen LogP contribution in [0.5, 0.6) is 23.0 Å². The molecule has 0 aliphatic carbocycles. The first-order valence-corrected chi connectivity index (χ1v) is 18.1. The molecule has 0 saturated carbocycles. The molecule has 5 aromatic carbocycles. The van der Waals surface area contributed by atoms with Crippen molar-refractivity contribution >= 4 is 54.9 Å². The Morgan fingerprint density at radius 3 is 1.36 bits per heavy atom. The standard InChI is InChI=1S/C41H47NO8/c1-7-9-11-13-15-23(16-14-12-10-8-2)42-40(43)37-32(47-5)19-26-24-17-30(45-3)28-21-49-50-22-29-31(46-4)18-25(34(24)36(28)29)27-20-33(48-6)38(41(42)44)39(37)35(26)27/h17-20,23H,7-16,21-22H2,1-6H3. The quantitative estimate of drug-likeness (QED) is 0.0355. The van der Waals surface area contributed by atoms with E-state index in [-0.39, 0.29) is 31.1 Å². The number of carbonyl (C=O) groups excluding carboxylic acids is 2. The van der Waals surface area contributed by atoms with Gasteiger partial charge in [-0.1, -0.05) is 65.2 Å². The predicted octanol–water partition coefficient (Wildman–Crippen LogP) is 9.64. The number of rotatable bonds is 15. The summed E-state index contributed by atoms with van der Waals surface area (Å²) >= 11 is 0. The minimum atomic E-state index is -0.307. The third-order valence-electron chi connectivity index (χ3n) is 10.8. The van der Waals surface area contributed by atoms with Gasteiger partial charge in [-0.15, -0.1) is 0 Å². The zero-order valence-electron chi connectivity index (χ0n) is 30.1. The van der Waals surface area contributed by atoms with Crippen molar-refractivity contribution in [2.45, 2.75) is 97.3 Å². The molecule has 0 radical (unpaired) electrons. The molecule has 5 aromatic rings. The van der Waals surface area contributed by atoms with Crippen molar-refractivity contribution in [3.63, 3.8) is 0 Å². The number of carbonyl (C=O) groups is 2. The average molecular weight is 682 g/mol. The van der Waals surface area contributed by atoms with Gasteiger partial charge in [0.15, 0.2) is 0 Å². The lowest BCUT2D eigenvalue weighted by atomic mass is 9.81. The van der Waals surface area contributed by atoms with E-state index in [1.165, 1.54) is 4.90 Å². The number of unbranched alkanes of at least 4 members (excludes halogenated alkanes) is 6. The molecule has 0 N–H and O–H groups in total. The van der Waals surface area contributed by atoms with Gasteiger partial charge in [-0.3, -0.25) is 14.5 Å². The van der Waals surface area contributed by atoms with Crippen molar-refractivity contribution in [2.75, 3.05) is 28.4 Å². The predicted molar refractivity (Wildman–Crippen MR) is 195 cm³/mol. The second-order valence-corrected chi connectivity index (χ2v) is 13.6. The van der Waals surface area contributed by atoms with Gasteiger partial charge in [0, 0.05) is 27.9 Å². The molecule has 2 aliphatic heterocycles. The molecule has 0 atom stereocenters. The fourth-order valence-corrected chi connectivity index (χ4v) is 8.44. The second kappa shape index (κ2) is 14.1. The molecule has 2 amide bonds. The zero-order chi connectivity index (χ0) is 35.1. The highest BCUT2D eigenvalue weighted by atomic mass is 17.2. The summed E-state index contributed by atoms with van der Waals surface area (Å²) in [6, 6.07) is 7.71. The number of hydrogen-bond donors (Lipinski definition) is 0. The van der Waals surface area contributed by atoms with E-state index in [1.807, 2.05) is 24.3 Å². The number of fused-ring (bicyclic) bond motifs is 2. The van der Waals surface area contributed by atoms with Crippen LogP contribution in [0.15, 0.2) is 24.3 Å². The molecule has 7 rings (SSSR count). The Bertz CT molecular complexity index is 1960. The fourth-order valence-electron chi connectivity index (χ4n) is 8.44. The van der Waals surface area contributed by atoms with Crippen molar-refractivity contribution in [1.82, 2.24) is 4.90 Å². The molecule has 0 spiro atoms. The summed E-state index contributed by atoms with van der Waals surface area (Å²) < 4.78 is 24.0. The van der Waals surface area contributed by atoms with E-state index >= 15 is 0 Å². The summed E-state index contributed by atoms with van der Waals surface area (Å²) in [6.45, 7) is 4.78. The Kier molecular flexibility index (Phi) is 9.63. The van der Waals surface area contributed by atoms with Gasteiger partial charge >= 0.3 is 0 Å². The van der Waals surface area contributed by atoms with Crippen LogP contribution in [-0.4, -0.2) is 51.2 Å². The Labute approximate surface area is 292 Å². The maximum atomic E-state index is 14.9. The van der Waals surface area contributed by atoms with Gasteiger partial charge in [-0.25, -0.2) is 9.78 Å². The Balaban J connectivity index is 1.54. The molecule has 9 nitrogen and oxygen atoms in total. The number of imide groups is 1. The third-order valence-corrected chi connectivity index (χ3v) is 10.8. The largest absolute Gasteiger partial charge is 0.496 e. The first kappa shape index (κ1) is 34.1. The van der Waals surface area contributed by atoms with Gasteiger partial charge in [0.1, 0.15) is 36.2 Å². The zero-order valence-corrected chi connectivity index (χ0v) is 30.1. The molecule has 0 unspecified atom stereocenters. The Morgan fingerprint density at radius 1 is 0.560 bits per heavy atom. The smallest absolute Gasteiger partial charge is 0.265 e. The van der Waals surface area contributed by atoms with Crippen LogP contribution in [0, 0.1) is 0 Å². The number of ether oxygens (including phenoxy) is 4. The van der Waals surface area contributed by atoms with E-state index in [9.17, 15) is 9.59 Å². The topological polar surface area (TPSA) is 92.8 Å². The molecule has 50 heavy (non-hydrogen) atoms. The number of benzene rings is 5.